The fourth-order valence-electron chi connectivity index (χ4n) is 3.86. The molecule has 1 aliphatic carbocycles. The zero-order valence-corrected chi connectivity index (χ0v) is 22.5. The third kappa shape index (κ3) is 7.90. The van der Waals surface area contributed by atoms with Crippen molar-refractivity contribution in [2.24, 2.45) is 0 Å². The lowest BCUT2D eigenvalue weighted by Gasteiger charge is -2.30. The number of hydrogen-bond donors (Lipinski definition) is 1. The zero-order valence-electron chi connectivity index (χ0n) is 20.7. The molecule has 9 heteroatoms. The van der Waals surface area contributed by atoms with Gasteiger partial charge in [-0.2, -0.15) is 0 Å². The lowest BCUT2D eigenvalue weighted by atomic mass is 9.93. The van der Waals surface area contributed by atoms with E-state index in [0.717, 1.165) is 55.1 Å². The van der Waals surface area contributed by atoms with Crippen molar-refractivity contribution in [3.05, 3.63) is 23.5 Å². The van der Waals surface area contributed by atoms with E-state index < -0.39 is 13.7 Å². The lowest BCUT2D eigenvalue weighted by Crippen LogP contribution is -2.42. The Morgan fingerprint density at radius 3 is 2.58 bits per heavy atom. The third-order valence-corrected chi connectivity index (χ3v) is 7.58. The highest BCUT2D eigenvalue weighted by atomic mass is 35.5. The molecular formula is C24H38ClN3O4Si. The molecule has 2 heterocycles. The quantitative estimate of drug-likeness (QED) is 0.347. The van der Waals surface area contributed by atoms with E-state index >= 15 is 0 Å². The number of carbonyl (C=O) groups excluding carboxylic acids is 1. The molecular weight excluding hydrogens is 458 g/mol. The molecule has 33 heavy (non-hydrogen) atoms. The summed E-state index contributed by atoms with van der Waals surface area (Å²) in [6.07, 6.45) is 6.72. The Bertz CT molecular complexity index is 944. The first-order chi connectivity index (χ1) is 15.4. The number of amides is 1. The molecule has 1 fully saturated rings. The Balaban J connectivity index is 1.57. The van der Waals surface area contributed by atoms with Gasteiger partial charge < -0.3 is 24.1 Å². The number of aromatic nitrogens is 2. The lowest BCUT2D eigenvalue weighted by molar-refractivity contribution is 0.0471. The van der Waals surface area contributed by atoms with Crippen LogP contribution in [-0.2, 0) is 16.2 Å². The molecule has 0 bridgehead atoms. The Morgan fingerprint density at radius 2 is 1.94 bits per heavy atom. The molecule has 0 spiro atoms. The highest BCUT2D eigenvalue weighted by molar-refractivity contribution is 6.76. The number of alkyl carbamates (subject to hydrolysis) is 1. The van der Waals surface area contributed by atoms with Crippen molar-refractivity contribution in [1.82, 2.24) is 14.9 Å². The standard InChI is InChI=1S/C24H38ClN3O4Si/c1-24(2,3)32-23(29)27-17-7-9-18(10-8-17)31-20-11-12-26-22-21(20)19(25)15-28(22)16-30-13-14-33(4,5)6/h11-12,15,17-18H,7-10,13-14,16H2,1-6H3,(H,27,29). The number of hydrogen-bond acceptors (Lipinski definition) is 5. The molecule has 0 saturated heterocycles. The maximum Gasteiger partial charge on any atom is 0.407 e. The number of ether oxygens (including phenoxy) is 3. The van der Waals surface area contributed by atoms with Gasteiger partial charge in [-0.05, 0) is 58.6 Å². The van der Waals surface area contributed by atoms with Crippen LogP contribution in [0.5, 0.6) is 5.75 Å². The number of pyridine rings is 1. The minimum Gasteiger partial charge on any atom is -0.490 e. The molecule has 1 saturated carbocycles. The van der Waals surface area contributed by atoms with Crippen molar-refractivity contribution < 1.29 is 19.0 Å². The molecule has 1 amide bonds. The number of halogens is 1. The number of fused-ring (bicyclic) bond motifs is 1. The molecule has 0 aromatic carbocycles. The molecule has 7 nitrogen and oxygen atoms in total. The third-order valence-electron chi connectivity index (χ3n) is 5.59. The van der Waals surface area contributed by atoms with E-state index in [4.69, 9.17) is 25.8 Å². The zero-order chi connectivity index (χ0) is 24.2. The van der Waals surface area contributed by atoms with E-state index in [1.807, 2.05) is 37.6 Å². The molecule has 0 unspecified atom stereocenters. The number of nitrogens with zero attached hydrogens (tertiary/aromatic N) is 2. The van der Waals surface area contributed by atoms with Crippen LogP contribution < -0.4 is 10.1 Å². The van der Waals surface area contributed by atoms with Gasteiger partial charge in [0.2, 0.25) is 0 Å². The number of carbonyl (C=O) groups is 1. The van der Waals surface area contributed by atoms with Gasteiger partial charge in [0.1, 0.15) is 23.7 Å². The summed E-state index contributed by atoms with van der Waals surface area (Å²) in [5.74, 6) is 0.745. The Morgan fingerprint density at radius 1 is 1.24 bits per heavy atom. The maximum absolute atomic E-state index is 12.0. The van der Waals surface area contributed by atoms with E-state index in [-0.39, 0.29) is 18.2 Å². The smallest absolute Gasteiger partial charge is 0.407 e. The van der Waals surface area contributed by atoms with Crippen LogP contribution in [0.1, 0.15) is 46.5 Å². The summed E-state index contributed by atoms with van der Waals surface area (Å²) in [6.45, 7) is 13.8. The van der Waals surface area contributed by atoms with Crippen LogP contribution in [0.3, 0.4) is 0 Å². The molecule has 0 aliphatic heterocycles. The molecule has 184 valence electrons. The van der Waals surface area contributed by atoms with Gasteiger partial charge in [-0.1, -0.05) is 31.2 Å². The predicted octanol–water partition coefficient (Wildman–Crippen LogP) is 6.22. The van der Waals surface area contributed by atoms with Gasteiger partial charge in [-0.3, -0.25) is 0 Å². The molecule has 3 rings (SSSR count). The van der Waals surface area contributed by atoms with Gasteiger partial charge >= 0.3 is 6.09 Å². The van der Waals surface area contributed by atoms with Crippen LogP contribution >= 0.6 is 11.6 Å². The van der Waals surface area contributed by atoms with Crippen LogP contribution in [-0.4, -0.2) is 48.1 Å². The first kappa shape index (κ1) is 25.8. The minimum atomic E-state index is -1.13. The Labute approximate surface area is 203 Å². The highest BCUT2D eigenvalue weighted by Crippen LogP contribution is 2.35. The van der Waals surface area contributed by atoms with Crippen LogP contribution in [0.25, 0.3) is 11.0 Å². The topological polar surface area (TPSA) is 74.6 Å². The van der Waals surface area contributed by atoms with Gasteiger partial charge in [0.05, 0.1) is 16.5 Å². The molecule has 1 N–H and O–H groups in total. The van der Waals surface area contributed by atoms with E-state index in [2.05, 4.69) is 29.9 Å². The van der Waals surface area contributed by atoms with Gasteiger partial charge in [0.25, 0.3) is 0 Å². The van der Waals surface area contributed by atoms with Gasteiger partial charge in [0, 0.05) is 33.1 Å². The average molecular weight is 496 g/mol. The van der Waals surface area contributed by atoms with Gasteiger partial charge in [0.15, 0.2) is 0 Å². The normalized spacial score (nSPS) is 19.5. The van der Waals surface area contributed by atoms with Crippen molar-refractivity contribution in [3.8, 4) is 5.75 Å². The van der Waals surface area contributed by atoms with Crippen molar-refractivity contribution >= 4 is 36.8 Å². The minimum absolute atomic E-state index is 0.0692. The van der Waals surface area contributed by atoms with Crippen molar-refractivity contribution in [3.63, 3.8) is 0 Å². The molecule has 0 radical (unpaired) electrons. The maximum atomic E-state index is 12.0. The summed E-state index contributed by atoms with van der Waals surface area (Å²) in [6, 6.07) is 3.10. The first-order valence-corrected chi connectivity index (χ1v) is 15.9. The molecule has 0 atom stereocenters. The van der Waals surface area contributed by atoms with E-state index in [0.29, 0.717) is 11.8 Å². The summed E-state index contributed by atoms with van der Waals surface area (Å²) in [4.78, 5) is 16.6. The number of rotatable bonds is 8. The fraction of sp³-hybridized carbons (Fsp3) is 0.667. The van der Waals surface area contributed by atoms with Crippen molar-refractivity contribution in [2.75, 3.05) is 6.61 Å². The van der Waals surface area contributed by atoms with Gasteiger partial charge in [-0.25, -0.2) is 9.78 Å². The fourth-order valence-corrected chi connectivity index (χ4v) is 4.91. The Hall–Kier alpha value is -1.77. The van der Waals surface area contributed by atoms with E-state index in [1.54, 1.807) is 6.20 Å². The summed E-state index contributed by atoms with van der Waals surface area (Å²) in [7, 11) is -1.13. The van der Waals surface area contributed by atoms with Crippen molar-refractivity contribution in [2.45, 2.75) is 96.6 Å². The largest absolute Gasteiger partial charge is 0.490 e. The van der Waals surface area contributed by atoms with Crippen molar-refractivity contribution in [1.29, 1.82) is 0 Å². The van der Waals surface area contributed by atoms with E-state index in [9.17, 15) is 4.79 Å². The summed E-state index contributed by atoms with van der Waals surface area (Å²) >= 11 is 6.57. The number of nitrogens with one attached hydrogen (secondary N) is 1. The van der Waals surface area contributed by atoms with E-state index in [1.165, 1.54) is 0 Å². The molecule has 2 aromatic heterocycles. The predicted molar refractivity (Wildman–Crippen MR) is 135 cm³/mol. The molecule has 2 aromatic rings. The average Bonchev–Trinajstić information content (AvgIpc) is 3.01. The first-order valence-electron chi connectivity index (χ1n) is 11.8. The molecule has 1 aliphatic rings. The second-order valence-corrected chi connectivity index (χ2v) is 17.1. The van der Waals surface area contributed by atoms with Crippen LogP contribution in [0.15, 0.2) is 18.5 Å². The van der Waals surface area contributed by atoms with Gasteiger partial charge in [-0.15, -0.1) is 0 Å². The summed E-state index contributed by atoms with van der Waals surface area (Å²) in [5, 5.41) is 4.41. The highest BCUT2D eigenvalue weighted by Gasteiger charge is 2.26. The second-order valence-electron chi connectivity index (χ2n) is 11.0. The monoisotopic (exact) mass is 495 g/mol. The van der Waals surface area contributed by atoms with Crippen LogP contribution in [0, 0.1) is 0 Å². The summed E-state index contributed by atoms with van der Waals surface area (Å²) < 4.78 is 19.5. The second kappa shape index (κ2) is 10.7. The summed E-state index contributed by atoms with van der Waals surface area (Å²) in [5.41, 5.74) is 0.275. The Kier molecular flexibility index (Phi) is 8.34. The van der Waals surface area contributed by atoms with Crippen LogP contribution in [0.2, 0.25) is 30.7 Å². The SMILES string of the molecule is CC(C)(C)OC(=O)NC1CCC(Oc2ccnc3c2c(Cl)cn3COCC[Si](C)(C)C)CC1. The van der Waals surface area contributed by atoms with Crippen LogP contribution in [0.4, 0.5) is 4.79 Å².